The van der Waals surface area contributed by atoms with Crippen molar-refractivity contribution in [1.29, 1.82) is 0 Å². The molecule has 2 N–H and O–H groups in total. The molecule has 0 radical (unpaired) electrons. The van der Waals surface area contributed by atoms with Crippen LogP contribution in [0.15, 0.2) is 0 Å². The number of hydrogen-bond donors (Lipinski definition) is 2. The first kappa shape index (κ1) is 8.33. The molecule has 11 heavy (non-hydrogen) atoms. The minimum atomic E-state index is -1.25. The highest BCUT2D eigenvalue weighted by atomic mass is 16.7. The van der Waals surface area contributed by atoms with E-state index in [9.17, 15) is 4.79 Å². The molecule has 0 saturated heterocycles. The monoisotopic (exact) mass is 160 g/mol. The number of carbonyl (C=O) groups is 1. The van der Waals surface area contributed by atoms with Crippen molar-refractivity contribution < 1.29 is 19.7 Å². The van der Waals surface area contributed by atoms with E-state index in [1.807, 2.05) is 0 Å². The van der Waals surface area contributed by atoms with Crippen molar-refractivity contribution in [3.63, 3.8) is 0 Å². The van der Waals surface area contributed by atoms with Crippen molar-refractivity contribution in [1.82, 2.24) is 0 Å². The van der Waals surface area contributed by atoms with E-state index in [1.165, 1.54) is 0 Å². The number of ether oxygens (including phenoxy) is 1. The normalized spacial score (nSPS) is 31.4. The van der Waals surface area contributed by atoms with Crippen LogP contribution < -0.4 is 0 Å². The molecule has 0 aromatic rings. The average Bonchev–Trinajstić information content (AvgIpc) is 1.85. The molecule has 64 valence electrons. The molecule has 0 aliphatic heterocycles. The molecule has 1 saturated carbocycles. The van der Waals surface area contributed by atoms with Gasteiger partial charge in [-0.2, -0.15) is 0 Å². The Bertz CT molecular complexity index is 145. The van der Waals surface area contributed by atoms with Gasteiger partial charge in [0.1, 0.15) is 6.10 Å². The largest absolute Gasteiger partial charge is 0.506 e. The van der Waals surface area contributed by atoms with E-state index in [2.05, 4.69) is 4.74 Å². The maximum absolute atomic E-state index is 10.1. The fourth-order valence-electron chi connectivity index (χ4n) is 1.37. The third-order valence-corrected chi connectivity index (χ3v) is 1.87. The molecule has 0 spiro atoms. The Balaban J connectivity index is 2.28. The predicted molar refractivity (Wildman–Crippen MR) is 37.4 cm³/mol. The van der Waals surface area contributed by atoms with Gasteiger partial charge >= 0.3 is 6.16 Å². The first-order valence-electron chi connectivity index (χ1n) is 3.76. The van der Waals surface area contributed by atoms with Crippen molar-refractivity contribution in [3.8, 4) is 0 Å². The quantitative estimate of drug-likeness (QED) is 0.561. The van der Waals surface area contributed by atoms with Crippen LogP contribution in [0.25, 0.3) is 0 Å². The summed E-state index contributed by atoms with van der Waals surface area (Å²) in [6.45, 7) is 0. The van der Waals surface area contributed by atoms with Gasteiger partial charge in [0.25, 0.3) is 0 Å². The highest BCUT2D eigenvalue weighted by Gasteiger charge is 2.22. The van der Waals surface area contributed by atoms with E-state index >= 15 is 0 Å². The predicted octanol–water partition coefficient (Wildman–Crippen LogP) is 0.984. The number of hydrogen-bond acceptors (Lipinski definition) is 3. The van der Waals surface area contributed by atoms with E-state index in [0.29, 0.717) is 6.42 Å². The molecule has 0 aromatic heterocycles. The van der Waals surface area contributed by atoms with E-state index < -0.39 is 6.16 Å². The summed E-state index contributed by atoms with van der Waals surface area (Å²) < 4.78 is 4.52. The molecule has 1 fully saturated rings. The second-order valence-corrected chi connectivity index (χ2v) is 2.83. The zero-order chi connectivity index (χ0) is 8.27. The molecule has 0 aromatic carbocycles. The second-order valence-electron chi connectivity index (χ2n) is 2.83. The molecule has 1 aliphatic carbocycles. The third kappa shape index (κ3) is 2.76. The van der Waals surface area contributed by atoms with E-state index in [-0.39, 0.29) is 12.2 Å². The summed E-state index contributed by atoms with van der Waals surface area (Å²) in [4.78, 5) is 10.1. The smallest absolute Gasteiger partial charge is 0.450 e. The molecule has 0 heterocycles. The van der Waals surface area contributed by atoms with Crippen molar-refractivity contribution in [2.24, 2.45) is 0 Å². The number of rotatable bonds is 1. The van der Waals surface area contributed by atoms with Gasteiger partial charge in [-0.3, -0.25) is 0 Å². The highest BCUT2D eigenvalue weighted by molar-refractivity contribution is 5.57. The lowest BCUT2D eigenvalue weighted by molar-refractivity contribution is 0.000892. The van der Waals surface area contributed by atoms with Crippen LogP contribution in [0.3, 0.4) is 0 Å². The third-order valence-electron chi connectivity index (χ3n) is 1.87. The lowest BCUT2D eigenvalue weighted by atomic mass is 9.95. The SMILES string of the molecule is O=C(O)OC1CCCC(O)C1. The molecule has 2 atom stereocenters. The van der Waals surface area contributed by atoms with Crippen LogP contribution >= 0.6 is 0 Å². The topological polar surface area (TPSA) is 66.8 Å². The number of aliphatic hydroxyl groups is 1. The molecule has 4 nitrogen and oxygen atoms in total. The van der Waals surface area contributed by atoms with Gasteiger partial charge in [0.15, 0.2) is 0 Å². The Morgan fingerprint density at radius 2 is 2.18 bits per heavy atom. The molecular formula is C7H12O4. The van der Waals surface area contributed by atoms with E-state index in [4.69, 9.17) is 10.2 Å². The molecule has 1 rings (SSSR count). The van der Waals surface area contributed by atoms with E-state index in [1.54, 1.807) is 0 Å². The van der Waals surface area contributed by atoms with Gasteiger partial charge in [0.2, 0.25) is 0 Å². The van der Waals surface area contributed by atoms with Gasteiger partial charge < -0.3 is 14.9 Å². The Morgan fingerprint density at radius 1 is 1.45 bits per heavy atom. The molecule has 0 amide bonds. The van der Waals surface area contributed by atoms with Crippen LogP contribution in [0.4, 0.5) is 4.79 Å². The van der Waals surface area contributed by atoms with Crippen LogP contribution in [-0.2, 0) is 4.74 Å². The van der Waals surface area contributed by atoms with Gasteiger partial charge in [0.05, 0.1) is 6.10 Å². The molecule has 0 bridgehead atoms. The van der Waals surface area contributed by atoms with Crippen LogP contribution in [0.1, 0.15) is 25.7 Å². The Morgan fingerprint density at radius 3 is 2.73 bits per heavy atom. The van der Waals surface area contributed by atoms with E-state index in [0.717, 1.165) is 19.3 Å². The molecule has 2 unspecified atom stereocenters. The number of carboxylic acid groups (broad SMARTS) is 1. The van der Waals surface area contributed by atoms with Crippen molar-refractivity contribution >= 4 is 6.16 Å². The maximum Gasteiger partial charge on any atom is 0.506 e. The van der Waals surface area contributed by atoms with Crippen LogP contribution in [0.5, 0.6) is 0 Å². The lowest BCUT2D eigenvalue weighted by Gasteiger charge is -2.24. The molecule has 1 aliphatic rings. The lowest BCUT2D eigenvalue weighted by Crippen LogP contribution is -2.27. The number of aliphatic hydroxyl groups excluding tert-OH is 1. The van der Waals surface area contributed by atoms with Gasteiger partial charge in [-0.15, -0.1) is 0 Å². The standard InChI is InChI=1S/C7H12O4/c8-5-2-1-3-6(4-5)11-7(9)10/h5-6,8H,1-4H2,(H,9,10). The molecular weight excluding hydrogens is 148 g/mol. The maximum atomic E-state index is 10.1. The second kappa shape index (κ2) is 3.57. The Labute approximate surface area is 64.8 Å². The summed E-state index contributed by atoms with van der Waals surface area (Å²) in [7, 11) is 0. The van der Waals surface area contributed by atoms with Crippen molar-refractivity contribution in [2.45, 2.75) is 37.9 Å². The van der Waals surface area contributed by atoms with Gasteiger partial charge in [-0.1, -0.05) is 0 Å². The van der Waals surface area contributed by atoms with Gasteiger partial charge in [-0.05, 0) is 19.3 Å². The minimum Gasteiger partial charge on any atom is -0.450 e. The minimum absolute atomic E-state index is 0.295. The zero-order valence-electron chi connectivity index (χ0n) is 6.19. The first-order valence-corrected chi connectivity index (χ1v) is 3.76. The summed E-state index contributed by atoms with van der Waals surface area (Å²) in [5.41, 5.74) is 0. The fraction of sp³-hybridized carbons (Fsp3) is 0.857. The average molecular weight is 160 g/mol. The molecule has 4 heteroatoms. The summed E-state index contributed by atoms with van der Waals surface area (Å²) >= 11 is 0. The summed E-state index contributed by atoms with van der Waals surface area (Å²) in [5.74, 6) is 0. The Hall–Kier alpha value is -0.770. The summed E-state index contributed by atoms with van der Waals surface area (Å²) in [6.07, 6.45) is 0.877. The van der Waals surface area contributed by atoms with Gasteiger partial charge in [-0.25, -0.2) is 4.79 Å². The highest BCUT2D eigenvalue weighted by Crippen LogP contribution is 2.20. The first-order chi connectivity index (χ1) is 5.18. The summed E-state index contributed by atoms with van der Waals surface area (Å²) in [6, 6.07) is 0. The van der Waals surface area contributed by atoms with Crippen LogP contribution in [0.2, 0.25) is 0 Å². The van der Waals surface area contributed by atoms with Crippen LogP contribution in [-0.4, -0.2) is 28.6 Å². The van der Waals surface area contributed by atoms with Crippen molar-refractivity contribution in [2.75, 3.05) is 0 Å². The van der Waals surface area contributed by atoms with Gasteiger partial charge in [0, 0.05) is 6.42 Å². The van der Waals surface area contributed by atoms with Crippen LogP contribution in [0, 0.1) is 0 Å². The zero-order valence-corrected chi connectivity index (χ0v) is 6.19. The summed E-state index contributed by atoms with van der Waals surface area (Å²) in [5, 5.41) is 17.4. The van der Waals surface area contributed by atoms with Crippen molar-refractivity contribution in [3.05, 3.63) is 0 Å². The Kier molecular flexibility index (Phi) is 2.70. The fourth-order valence-corrected chi connectivity index (χ4v) is 1.37.